The minimum Gasteiger partial charge on any atom is -0.394 e. The molecule has 0 radical (unpaired) electrons. The molecule has 0 aromatic carbocycles. The van der Waals surface area contributed by atoms with E-state index >= 15 is 0 Å². The van der Waals surface area contributed by atoms with Crippen molar-refractivity contribution in [1.82, 2.24) is 5.32 Å². The van der Waals surface area contributed by atoms with Crippen LogP contribution in [0.2, 0.25) is 0 Å². The number of nitrogens with one attached hydrogen (secondary N) is 1. The Kier molecular flexibility index (Phi) is 63.1. The number of carbonyl (C=O) groups is 1. The molecular formula is C69H137NO5. The van der Waals surface area contributed by atoms with E-state index in [0.717, 1.165) is 38.5 Å². The summed E-state index contributed by atoms with van der Waals surface area (Å²) in [5, 5.41) is 44.2. The minimum atomic E-state index is -1.28. The maximum absolute atomic E-state index is 12.6. The Hall–Kier alpha value is -0.950. The second-order valence-electron chi connectivity index (χ2n) is 24.2. The molecule has 6 nitrogen and oxygen atoms in total. The van der Waals surface area contributed by atoms with Crippen molar-refractivity contribution in [3.63, 3.8) is 0 Å². The van der Waals surface area contributed by atoms with E-state index in [4.69, 9.17) is 0 Å². The molecule has 448 valence electrons. The SMILES string of the molecule is CCCCCCCCCCCCCCCCCCCC/C=C/CCCC(O)C(O)C(CO)NC(=O)C(O)CCCCCCCCCCCCCCCCCCCCCCCCCCCCCCCCCCCCCC. The summed E-state index contributed by atoms with van der Waals surface area (Å²) in [6.45, 7) is 4.10. The molecule has 0 fully saturated rings. The number of aliphatic hydroxyl groups is 4. The molecule has 0 spiro atoms. The van der Waals surface area contributed by atoms with Gasteiger partial charge in [0.1, 0.15) is 12.2 Å². The number of hydrogen-bond acceptors (Lipinski definition) is 5. The molecule has 0 aliphatic heterocycles. The molecular weight excluding hydrogens is 923 g/mol. The minimum absolute atomic E-state index is 0.369. The van der Waals surface area contributed by atoms with Crippen LogP contribution in [0, 0.1) is 0 Å². The molecule has 0 aromatic heterocycles. The van der Waals surface area contributed by atoms with Crippen molar-refractivity contribution < 1.29 is 25.2 Å². The Morgan fingerprint density at radius 3 is 0.800 bits per heavy atom. The Labute approximate surface area is 470 Å². The number of hydrogen-bond donors (Lipinski definition) is 5. The first-order chi connectivity index (χ1) is 37.0. The van der Waals surface area contributed by atoms with Crippen LogP contribution in [0.25, 0.3) is 0 Å². The first-order valence-electron chi connectivity index (χ1n) is 34.6. The molecule has 0 aromatic rings. The van der Waals surface area contributed by atoms with Crippen LogP contribution in [0.5, 0.6) is 0 Å². The Bertz CT molecular complexity index is 1100. The van der Waals surface area contributed by atoms with E-state index in [1.54, 1.807) is 0 Å². The van der Waals surface area contributed by atoms with Crippen LogP contribution in [0.4, 0.5) is 0 Å². The van der Waals surface area contributed by atoms with Crippen molar-refractivity contribution in [1.29, 1.82) is 0 Å². The average Bonchev–Trinajstić information content (AvgIpc) is 3.42. The lowest BCUT2D eigenvalue weighted by molar-refractivity contribution is -0.132. The monoisotopic (exact) mass is 1060 g/mol. The standard InChI is InChI=1S/C69H137NO5/c1-3-5-7-9-11-13-15-17-19-21-23-25-27-28-29-30-31-32-33-34-35-36-37-38-39-41-43-45-47-49-51-53-55-57-59-61-63-67(73)69(75)70-65(64-71)68(74)66(72)62-60-58-56-54-52-50-48-46-44-42-40-26-24-22-20-18-16-14-12-10-8-6-4-2/h54,56,65-68,71-74H,3-53,55,57-64H2,1-2H3,(H,70,75)/b56-54+. The van der Waals surface area contributed by atoms with E-state index in [-0.39, 0.29) is 0 Å². The average molecular weight is 1060 g/mol. The largest absolute Gasteiger partial charge is 0.394 e. The van der Waals surface area contributed by atoms with Gasteiger partial charge in [0.2, 0.25) is 5.91 Å². The molecule has 0 rings (SSSR count). The van der Waals surface area contributed by atoms with E-state index in [1.165, 1.54) is 327 Å². The normalized spacial score (nSPS) is 13.5. The van der Waals surface area contributed by atoms with Crippen LogP contribution in [0.15, 0.2) is 12.2 Å². The fourth-order valence-electron chi connectivity index (χ4n) is 11.4. The number of amides is 1. The summed E-state index contributed by atoms with van der Waals surface area (Å²) in [6, 6.07) is -1.000. The maximum Gasteiger partial charge on any atom is 0.249 e. The van der Waals surface area contributed by atoms with Gasteiger partial charge in [-0.3, -0.25) is 4.79 Å². The second kappa shape index (κ2) is 63.9. The van der Waals surface area contributed by atoms with Gasteiger partial charge in [-0.05, 0) is 38.5 Å². The molecule has 1 amide bonds. The Morgan fingerprint density at radius 2 is 0.547 bits per heavy atom. The van der Waals surface area contributed by atoms with Gasteiger partial charge >= 0.3 is 0 Å². The maximum atomic E-state index is 12.6. The third kappa shape index (κ3) is 57.5. The van der Waals surface area contributed by atoms with Crippen LogP contribution in [-0.2, 0) is 4.79 Å². The highest BCUT2D eigenvalue weighted by Crippen LogP contribution is 2.20. The lowest BCUT2D eigenvalue weighted by Gasteiger charge is -2.27. The van der Waals surface area contributed by atoms with Crippen molar-refractivity contribution in [3.8, 4) is 0 Å². The summed E-state index contributed by atoms with van der Waals surface area (Å²) in [5.41, 5.74) is 0. The fraction of sp³-hybridized carbons (Fsp3) is 0.957. The van der Waals surface area contributed by atoms with Gasteiger partial charge < -0.3 is 25.7 Å². The molecule has 75 heavy (non-hydrogen) atoms. The number of aliphatic hydroxyl groups excluding tert-OH is 4. The third-order valence-corrected chi connectivity index (χ3v) is 16.7. The number of rotatable bonds is 65. The molecule has 5 N–H and O–H groups in total. The predicted molar refractivity (Wildman–Crippen MR) is 330 cm³/mol. The van der Waals surface area contributed by atoms with E-state index in [0.29, 0.717) is 12.8 Å². The molecule has 0 bridgehead atoms. The zero-order chi connectivity index (χ0) is 54.4. The van der Waals surface area contributed by atoms with Crippen LogP contribution in [0.3, 0.4) is 0 Å². The highest BCUT2D eigenvalue weighted by atomic mass is 16.3. The van der Waals surface area contributed by atoms with Crippen LogP contribution in [0.1, 0.15) is 393 Å². The second-order valence-corrected chi connectivity index (χ2v) is 24.2. The first-order valence-corrected chi connectivity index (χ1v) is 34.6. The molecule has 0 aliphatic carbocycles. The summed E-state index contributed by atoms with van der Waals surface area (Å²) < 4.78 is 0. The fourth-order valence-corrected chi connectivity index (χ4v) is 11.4. The van der Waals surface area contributed by atoms with Crippen molar-refractivity contribution in [2.75, 3.05) is 6.61 Å². The summed E-state index contributed by atoms with van der Waals surface area (Å²) in [5.74, 6) is -0.584. The van der Waals surface area contributed by atoms with Crippen molar-refractivity contribution in [2.45, 2.75) is 417 Å². The van der Waals surface area contributed by atoms with E-state index in [9.17, 15) is 25.2 Å². The summed E-state index contributed by atoms with van der Waals surface area (Å²) >= 11 is 0. The number of allylic oxidation sites excluding steroid dienone is 2. The van der Waals surface area contributed by atoms with E-state index < -0.39 is 36.9 Å². The molecule has 0 aliphatic rings. The molecule has 6 heteroatoms. The quantitative estimate of drug-likeness (QED) is 0.0308. The number of unbranched alkanes of at least 4 members (excludes halogenated alkanes) is 54. The van der Waals surface area contributed by atoms with Crippen molar-refractivity contribution in [3.05, 3.63) is 12.2 Å². The summed E-state index contributed by atoms with van der Waals surface area (Å²) in [4.78, 5) is 12.6. The van der Waals surface area contributed by atoms with Gasteiger partial charge in [0.25, 0.3) is 0 Å². The van der Waals surface area contributed by atoms with Gasteiger partial charge in [0.05, 0.1) is 18.8 Å². The third-order valence-electron chi connectivity index (χ3n) is 16.7. The zero-order valence-electron chi connectivity index (χ0n) is 51.1. The molecule has 4 atom stereocenters. The first kappa shape index (κ1) is 74.0. The predicted octanol–water partition coefficient (Wildman–Crippen LogP) is 21.2. The van der Waals surface area contributed by atoms with Crippen molar-refractivity contribution >= 4 is 5.91 Å². The van der Waals surface area contributed by atoms with Crippen LogP contribution < -0.4 is 5.32 Å². The van der Waals surface area contributed by atoms with Crippen LogP contribution >= 0.6 is 0 Å². The highest BCUT2D eigenvalue weighted by molar-refractivity contribution is 5.80. The van der Waals surface area contributed by atoms with Gasteiger partial charge in [-0.1, -0.05) is 366 Å². The summed E-state index contributed by atoms with van der Waals surface area (Å²) in [6.07, 6.45) is 79.2. The highest BCUT2D eigenvalue weighted by Gasteiger charge is 2.28. The zero-order valence-corrected chi connectivity index (χ0v) is 51.1. The van der Waals surface area contributed by atoms with E-state index in [2.05, 4.69) is 31.3 Å². The number of carbonyl (C=O) groups excluding carboxylic acids is 1. The Balaban J connectivity index is 3.51. The van der Waals surface area contributed by atoms with Gasteiger partial charge in [-0.2, -0.15) is 0 Å². The topological polar surface area (TPSA) is 110 Å². The van der Waals surface area contributed by atoms with Crippen molar-refractivity contribution in [2.24, 2.45) is 0 Å². The van der Waals surface area contributed by atoms with Crippen LogP contribution in [-0.4, -0.2) is 57.3 Å². The van der Waals surface area contributed by atoms with Gasteiger partial charge in [0, 0.05) is 0 Å². The molecule has 0 saturated carbocycles. The lowest BCUT2D eigenvalue weighted by atomic mass is 10.00. The van der Waals surface area contributed by atoms with Gasteiger partial charge in [0.15, 0.2) is 0 Å². The Morgan fingerprint density at radius 1 is 0.320 bits per heavy atom. The molecule has 0 saturated heterocycles. The van der Waals surface area contributed by atoms with Gasteiger partial charge in [-0.15, -0.1) is 0 Å². The summed E-state index contributed by atoms with van der Waals surface area (Å²) in [7, 11) is 0. The molecule has 4 unspecified atom stereocenters. The molecule has 0 heterocycles. The van der Waals surface area contributed by atoms with Gasteiger partial charge in [-0.25, -0.2) is 0 Å². The van der Waals surface area contributed by atoms with E-state index in [1.807, 2.05) is 0 Å². The smallest absolute Gasteiger partial charge is 0.249 e. The lowest BCUT2D eigenvalue weighted by Crippen LogP contribution is -2.53.